The lowest BCUT2D eigenvalue weighted by molar-refractivity contribution is -0.137. The molecular weight excluding hydrogens is 320 g/mol. The smallest absolute Gasteiger partial charge is 0.334 e. The van der Waals surface area contributed by atoms with E-state index < -0.39 is 0 Å². The molecule has 0 aromatic heterocycles. The van der Waals surface area contributed by atoms with Gasteiger partial charge in [-0.15, -0.1) is 0 Å². The van der Waals surface area contributed by atoms with Gasteiger partial charge in [-0.1, -0.05) is 13.0 Å². The number of aryl methyl sites for hydroxylation is 1. The van der Waals surface area contributed by atoms with Crippen LogP contribution in [0.5, 0.6) is 5.75 Å². The molecule has 2 aliphatic rings. The molecule has 136 valence electrons. The normalized spacial score (nSPS) is 27.3. The molecular formula is C20H26O5. The van der Waals surface area contributed by atoms with Crippen molar-refractivity contribution in [2.24, 2.45) is 5.41 Å². The topological polar surface area (TPSA) is 54.0 Å². The summed E-state index contributed by atoms with van der Waals surface area (Å²) in [5.41, 5.74) is 3.62. The summed E-state index contributed by atoms with van der Waals surface area (Å²) >= 11 is 0. The highest BCUT2D eigenvalue weighted by Crippen LogP contribution is 2.59. The lowest BCUT2D eigenvalue weighted by atomic mass is 9.65. The molecule has 0 amide bonds. The van der Waals surface area contributed by atoms with E-state index in [1.165, 1.54) is 12.7 Å². The van der Waals surface area contributed by atoms with Crippen LogP contribution in [0.4, 0.5) is 0 Å². The highest BCUT2D eigenvalue weighted by atomic mass is 16.7. The Morgan fingerprint density at radius 1 is 1.28 bits per heavy atom. The summed E-state index contributed by atoms with van der Waals surface area (Å²) in [6.07, 6.45) is 3.66. The van der Waals surface area contributed by atoms with Gasteiger partial charge >= 0.3 is 5.97 Å². The van der Waals surface area contributed by atoms with Crippen LogP contribution in [-0.2, 0) is 19.0 Å². The average molecular weight is 346 g/mol. The van der Waals surface area contributed by atoms with E-state index in [2.05, 4.69) is 19.9 Å². The fraction of sp³-hybridized carbons (Fsp3) is 0.550. The lowest BCUT2D eigenvalue weighted by Crippen LogP contribution is -2.35. The van der Waals surface area contributed by atoms with Gasteiger partial charge < -0.3 is 18.9 Å². The van der Waals surface area contributed by atoms with Crippen LogP contribution >= 0.6 is 0 Å². The number of hydrogen-bond acceptors (Lipinski definition) is 5. The van der Waals surface area contributed by atoms with Crippen LogP contribution < -0.4 is 4.74 Å². The number of ether oxygens (including phenoxy) is 4. The van der Waals surface area contributed by atoms with Gasteiger partial charge in [0, 0.05) is 29.6 Å². The van der Waals surface area contributed by atoms with Gasteiger partial charge in [-0.25, -0.2) is 4.79 Å². The number of hydrogen-bond donors (Lipinski definition) is 0. The maximum Gasteiger partial charge on any atom is 0.334 e. The van der Waals surface area contributed by atoms with Crippen LogP contribution in [0.1, 0.15) is 42.4 Å². The molecule has 0 radical (unpaired) electrons. The van der Waals surface area contributed by atoms with E-state index in [1.54, 1.807) is 14.2 Å². The van der Waals surface area contributed by atoms with Crippen molar-refractivity contribution in [2.45, 2.75) is 38.7 Å². The van der Waals surface area contributed by atoms with Crippen LogP contribution in [0, 0.1) is 12.3 Å². The Morgan fingerprint density at radius 2 is 2.04 bits per heavy atom. The first kappa shape index (κ1) is 18.0. The second-order valence-corrected chi connectivity index (χ2v) is 7.07. The summed E-state index contributed by atoms with van der Waals surface area (Å²) in [6.45, 7) is 4.43. The molecule has 1 fully saturated rings. The Morgan fingerprint density at radius 3 is 2.68 bits per heavy atom. The van der Waals surface area contributed by atoms with Gasteiger partial charge in [0.15, 0.2) is 0 Å². The molecule has 1 aromatic carbocycles. The number of esters is 1. The molecule has 25 heavy (non-hydrogen) atoms. The standard InChI is InChI=1S/C20H26O5/c1-12-8-14-13(17(9-12)23-4)10-15(19(21)24-5)20(2)7-6-16(18(14)20)25-11-22-3/h8-10,16,18H,6-7,11H2,1-5H3/t16-,18+,20-/m0/s1. The Labute approximate surface area is 148 Å². The van der Waals surface area contributed by atoms with Crippen molar-refractivity contribution in [2.75, 3.05) is 28.1 Å². The van der Waals surface area contributed by atoms with Crippen molar-refractivity contribution in [1.29, 1.82) is 0 Å². The maximum atomic E-state index is 12.5. The highest BCUT2D eigenvalue weighted by Gasteiger charge is 2.53. The zero-order valence-electron chi connectivity index (χ0n) is 15.5. The zero-order valence-corrected chi connectivity index (χ0v) is 15.5. The molecule has 1 saturated carbocycles. The minimum Gasteiger partial charge on any atom is -0.496 e. The van der Waals surface area contributed by atoms with E-state index in [4.69, 9.17) is 18.9 Å². The second kappa shape index (κ2) is 6.81. The van der Waals surface area contributed by atoms with Gasteiger partial charge in [-0.05, 0) is 43.0 Å². The summed E-state index contributed by atoms with van der Waals surface area (Å²) in [6, 6.07) is 4.17. The molecule has 0 heterocycles. The first-order valence-corrected chi connectivity index (χ1v) is 8.55. The van der Waals surface area contributed by atoms with E-state index in [1.807, 2.05) is 12.1 Å². The third-order valence-corrected chi connectivity index (χ3v) is 5.59. The predicted octanol–water partition coefficient (Wildman–Crippen LogP) is 3.45. The first-order valence-electron chi connectivity index (χ1n) is 8.55. The number of benzene rings is 1. The molecule has 1 aromatic rings. The number of fused-ring (bicyclic) bond motifs is 3. The summed E-state index contributed by atoms with van der Waals surface area (Å²) in [4.78, 5) is 12.5. The Bertz CT molecular complexity index is 708. The number of carbonyl (C=O) groups is 1. The third-order valence-electron chi connectivity index (χ3n) is 5.59. The molecule has 0 spiro atoms. The van der Waals surface area contributed by atoms with E-state index in [0.717, 1.165) is 29.7 Å². The largest absolute Gasteiger partial charge is 0.496 e. The molecule has 0 saturated heterocycles. The number of methoxy groups -OCH3 is 3. The van der Waals surface area contributed by atoms with Crippen molar-refractivity contribution in [3.63, 3.8) is 0 Å². The SMILES string of the molecule is COCO[C@H]1CC[C@@]2(C)C(C(=O)OC)=Cc3c(OC)cc(C)cc3[C@H]12. The van der Waals surface area contributed by atoms with Crippen molar-refractivity contribution in [1.82, 2.24) is 0 Å². The summed E-state index contributed by atoms with van der Waals surface area (Å²) in [7, 11) is 4.70. The van der Waals surface area contributed by atoms with Crippen molar-refractivity contribution < 1.29 is 23.7 Å². The van der Waals surface area contributed by atoms with Crippen LogP contribution in [-0.4, -0.2) is 40.2 Å². The van der Waals surface area contributed by atoms with Crippen molar-refractivity contribution >= 4 is 12.0 Å². The molecule has 0 N–H and O–H groups in total. The van der Waals surface area contributed by atoms with Crippen LogP contribution in [0.3, 0.4) is 0 Å². The van der Waals surface area contributed by atoms with Crippen LogP contribution in [0.25, 0.3) is 6.08 Å². The maximum absolute atomic E-state index is 12.5. The molecule has 5 heteroatoms. The van der Waals surface area contributed by atoms with Gasteiger partial charge in [0.05, 0.1) is 20.3 Å². The highest BCUT2D eigenvalue weighted by molar-refractivity contribution is 5.97. The first-order chi connectivity index (χ1) is 12.0. The van der Waals surface area contributed by atoms with Gasteiger partial charge in [0.2, 0.25) is 0 Å². The van der Waals surface area contributed by atoms with Gasteiger partial charge in [0.25, 0.3) is 0 Å². The summed E-state index contributed by atoms with van der Waals surface area (Å²) in [5, 5.41) is 0. The minimum atomic E-state index is -0.322. The molecule has 3 rings (SSSR count). The number of rotatable bonds is 5. The Balaban J connectivity index is 2.19. The fourth-order valence-corrected chi connectivity index (χ4v) is 4.44. The summed E-state index contributed by atoms with van der Waals surface area (Å²) in [5.74, 6) is 0.551. The third kappa shape index (κ3) is 2.85. The van der Waals surface area contributed by atoms with E-state index in [9.17, 15) is 4.79 Å². The molecule has 3 atom stereocenters. The monoisotopic (exact) mass is 346 g/mol. The predicted molar refractivity (Wildman–Crippen MR) is 94.6 cm³/mol. The van der Waals surface area contributed by atoms with Crippen molar-refractivity contribution in [3.8, 4) is 5.75 Å². The fourth-order valence-electron chi connectivity index (χ4n) is 4.44. The van der Waals surface area contributed by atoms with Crippen molar-refractivity contribution in [3.05, 3.63) is 34.4 Å². The number of carbonyl (C=O) groups excluding carboxylic acids is 1. The second-order valence-electron chi connectivity index (χ2n) is 7.07. The molecule has 5 nitrogen and oxygen atoms in total. The van der Waals surface area contributed by atoms with E-state index in [0.29, 0.717) is 5.57 Å². The van der Waals surface area contributed by atoms with Crippen LogP contribution in [0.2, 0.25) is 0 Å². The molecule has 0 aliphatic heterocycles. The Hall–Kier alpha value is -1.85. The quantitative estimate of drug-likeness (QED) is 0.604. The lowest BCUT2D eigenvalue weighted by Gasteiger charge is -2.40. The molecule has 0 unspecified atom stereocenters. The van der Waals surface area contributed by atoms with Gasteiger partial charge in [0.1, 0.15) is 12.5 Å². The Kier molecular flexibility index (Phi) is 4.89. The minimum absolute atomic E-state index is 0.0106. The molecule has 2 aliphatic carbocycles. The van der Waals surface area contributed by atoms with Gasteiger partial charge in [-0.2, -0.15) is 0 Å². The van der Waals surface area contributed by atoms with Crippen LogP contribution in [0.15, 0.2) is 17.7 Å². The summed E-state index contributed by atoms with van der Waals surface area (Å²) < 4.78 is 21.8. The van der Waals surface area contributed by atoms with E-state index in [-0.39, 0.29) is 30.2 Å². The molecule has 0 bridgehead atoms. The zero-order chi connectivity index (χ0) is 18.2. The average Bonchev–Trinajstić information content (AvgIpc) is 2.95. The van der Waals surface area contributed by atoms with Gasteiger partial charge in [-0.3, -0.25) is 0 Å². The van der Waals surface area contributed by atoms with E-state index >= 15 is 0 Å².